The van der Waals surface area contributed by atoms with Gasteiger partial charge in [0.2, 0.25) is 0 Å². The van der Waals surface area contributed by atoms with Crippen LogP contribution in [0.3, 0.4) is 0 Å². The lowest BCUT2D eigenvalue weighted by atomic mass is 9.97. The lowest BCUT2D eigenvalue weighted by Crippen LogP contribution is -2.25. The van der Waals surface area contributed by atoms with Crippen molar-refractivity contribution in [2.45, 2.75) is 47.1 Å². The highest BCUT2D eigenvalue weighted by Crippen LogP contribution is 2.39. The van der Waals surface area contributed by atoms with Gasteiger partial charge in [-0.15, -0.1) is 0 Å². The smallest absolute Gasteiger partial charge is 0.268 e. The fourth-order valence-corrected chi connectivity index (χ4v) is 4.07. The number of phenols is 2. The normalized spacial score (nSPS) is 11.4. The van der Waals surface area contributed by atoms with E-state index >= 15 is 0 Å². The molecule has 0 aliphatic carbocycles. The molecular weight excluding hydrogens is 414 g/mol. The minimum Gasteiger partial charge on any atom is -0.508 e. The fourth-order valence-electron chi connectivity index (χ4n) is 4.07. The van der Waals surface area contributed by atoms with E-state index in [1.165, 1.54) is 11.6 Å². The molecule has 6 heteroatoms. The van der Waals surface area contributed by atoms with Gasteiger partial charge in [-0.25, -0.2) is 0 Å². The van der Waals surface area contributed by atoms with Crippen molar-refractivity contribution >= 4 is 5.91 Å². The molecule has 0 saturated heterocycles. The van der Waals surface area contributed by atoms with E-state index in [0.717, 1.165) is 30.9 Å². The molecule has 176 valence electrons. The van der Waals surface area contributed by atoms with Gasteiger partial charge in [0, 0.05) is 30.4 Å². The summed E-state index contributed by atoms with van der Waals surface area (Å²) in [5.41, 5.74) is 4.52. The molecule has 6 nitrogen and oxygen atoms in total. The summed E-state index contributed by atoms with van der Waals surface area (Å²) >= 11 is 0. The molecule has 1 heterocycles. The number of amides is 1. The van der Waals surface area contributed by atoms with Crippen molar-refractivity contribution in [1.82, 2.24) is 14.8 Å². The van der Waals surface area contributed by atoms with Crippen LogP contribution in [-0.4, -0.2) is 45.2 Å². The molecule has 0 aliphatic heterocycles. The van der Waals surface area contributed by atoms with Gasteiger partial charge in [0.25, 0.3) is 5.91 Å². The number of hydrogen-bond donors (Lipinski definition) is 3. The number of phenolic OH excluding ortho intramolecular Hbond substituents is 2. The number of nitrogens with one attached hydrogen (secondary N) is 1. The summed E-state index contributed by atoms with van der Waals surface area (Å²) in [6.45, 7) is 13.5. The number of benzene rings is 2. The van der Waals surface area contributed by atoms with E-state index in [2.05, 4.69) is 36.2 Å². The first-order valence-electron chi connectivity index (χ1n) is 11.7. The molecule has 0 atom stereocenters. The molecule has 1 aromatic heterocycles. The van der Waals surface area contributed by atoms with Crippen molar-refractivity contribution in [3.05, 3.63) is 65.4 Å². The first-order chi connectivity index (χ1) is 15.8. The maximum atomic E-state index is 12.8. The molecule has 3 N–H and O–H groups in total. The van der Waals surface area contributed by atoms with Gasteiger partial charge in [-0.2, -0.15) is 0 Å². The standard InChI is InChI=1S/C27H35N3O3/c1-6-28-27(33)24-14-13-23(22-15-21(18(4)5)25(31)16-26(22)32)30(24)20-11-9-19(10-12-20)17-29(7-2)8-3/h9-16,18,31-32H,6-8,17H2,1-5H3,(H,28,33). The Morgan fingerprint density at radius 3 is 2.21 bits per heavy atom. The minimum absolute atomic E-state index is 0.0307. The van der Waals surface area contributed by atoms with Gasteiger partial charge >= 0.3 is 0 Å². The number of nitrogens with zero attached hydrogens (tertiary/aromatic N) is 2. The molecule has 1 amide bonds. The molecule has 0 aliphatic rings. The van der Waals surface area contributed by atoms with Gasteiger partial charge in [0.15, 0.2) is 0 Å². The van der Waals surface area contributed by atoms with Crippen molar-refractivity contribution in [3.8, 4) is 28.4 Å². The maximum Gasteiger partial charge on any atom is 0.268 e. The van der Waals surface area contributed by atoms with E-state index in [0.29, 0.717) is 23.5 Å². The number of carbonyl (C=O) groups excluding carboxylic acids is 1. The molecule has 0 fully saturated rings. The molecule has 3 rings (SSSR count). The maximum absolute atomic E-state index is 12.8. The predicted molar refractivity (Wildman–Crippen MR) is 133 cm³/mol. The molecule has 2 aromatic carbocycles. The molecule has 0 saturated carbocycles. The van der Waals surface area contributed by atoms with Crippen LogP contribution >= 0.6 is 0 Å². The second kappa shape index (κ2) is 10.6. The Morgan fingerprint density at radius 1 is 0.970 bits per heavy atom. The number of carbonyl (C=O) groups is 1. The molecule has 0 bridgehead atoms. The van der Waals surface area contributed by atoms with Crippen molar-refractivity contribution in [2.75, 3.05) is 19.6 Å². The Labute approximate surface area is 196 Å². The average Bonchev–Trinajstić information content (AvgIpc) is 3.22. The highest BCUT2D eigenvalue weighted by Gasteiger charge is 2.21. The number of aromatic hydroxyl groups is 2. The molecular formula is C27H35N3O3. The van der Waals surface area contributed by atoms with Crippen LogP contribution in [0.4, 0.5) is 0 Å². The largest absolute Gasteiger partial charge is 0.508 e. The lowest BCUT2D eigenvalue weighted by molar-refractivity contribution is 0.0949. The third kappa shape index (κ3) is 5.22. The van der Waals surface area contributed by atoms with Crippen LogP contribution in [0.25, 0.3) is 16.9 Å². The zero-order chi connectivity index (χ0) is 24.1. The van der Waals surface area contributed by atoms with Gasteiger partial charge in [0.05, 0.1) is 5.69 Å². The van der Waals surface area contributed by atoms with Crippen molar-refractivity contribution in [1.29, 1.82) is 0 Å². The number of aromatic nitrogens is 1. The van der Waals surface area contributed by atoms with Crippen LogP contribution in [-0.2, 0) is 6.54 Å². The topological polar surface area (TPSA) is 77.7 Å². The highest BCUT2D eigenvalue weighted by molar-refractivity contribution is 5.95. The van der Waals surface area contributed by atoms with Gasteiger partial charge in [-0.1, -0.05) is 39.8 Å². The molecule has 0 unspecified atom stereocenters. The van der Waals surface area contributed by atoms with Gasteiger partial charge < -0.3 is 20.1 Å². The van der Waals surface area contributed by atoms with E-state index < -0.39 is 0 Å². The van der Waals surface area contributed by atoms with Crippen molar-refractivity contribution in [2.24, 2.45) is 0 Å². The molecule has 0 radical (unpaired) electrons. The Balaban J connectivity index is 2.14. The monoisotopic (exact) mass is 449 g/mol. The molecule has 0 spiro atoms. The summed E-state index contributed by atoms with van der Waals surface area (Å²) in [7, 11) is 0. The molecule has 3 aromatic rings. The van der Waals surface area contributed by atoms with Crippen LogP contribution in [0.5, 0.6) is 11.5 Å². The molecule has 33 heavy (non-hydrogen) atoms. The Kier molecular flexibility index (Phi) is 7.82. The number of hydrogen-bond acceptors (Lipinski definition) is 4. The predicted octanol–water partition coefficient (Wildman–Crippen LogP) is 5.27. The van der Waals surface area contributed by atoms with Crippen LogP contribution in [0.15, 0.2) is 48.5 Å². The summed E-state index contributed by atoms with van der Waals surface area (Å²) in [6.07, 6.45) is 0. The minimum atomic E-state index is -0.182. The van der Waals surface area contributed by atoms with Crippen LogP contribution < -0.4 is 5.32 Å². The Hall–Kier alpha value is -3.25. The summed E-state index contributed by atoms with van der Waals surface area (Å²) < 4.78 is 1.86. The van der Waals surface area contributed by atoms with Crippen LogP contribution in [0.1, 0.15) is 62.2 Å². The zero-order valence-corrected chi connectivity index (χ0v) is 20.2. The third-order valence-corrected chi connectivity index (χ3v) is 5.99. The van der Waals surface area contributed by atoms with Crippen molar-refractivity contribution in [3.63, 3.8) is 0 Å². The fraction of sp³-hybridized carbons (Fsp3) is 0.370. The van der Waals surface area contributed by atoms with E-state index in [9.17, 15) is 15.0 Å². The lowest BCUT2D eigenvalue weighted by Gasteiger charge is -2.19. The van der Waals surface area contributed by atoms with E-state index in [4.69, 9.17) is 0 Å². The van der Waals surface area contributed by atoms with Crippen LogP contribution in [0, 0.1) is 0 Å². The van der Waals surface area contributed by atoms with Crippen molar-refractivity contribution < 1.29 is 15.0 Å². The third-order valence-electron chi connectivity index (χ3n) is 5.99. The van der Waals surface area contributed by atoms with Crippen LogP contribution in [0.2, 0.25) is 0 Å². The van der Waals surface area contributed by atoms with E-state index in [1.54, 1.807) is 12.1 Å². The second-order valence-corrected chi connectivity index (χ2v) is 8.51. The summed E-state index contributed by atoms with van der Waals surface area (Å²) in [5.74, 6) is -0.0702. The highest BCUT2D eigenvalue weighted by atomic mass is 16.3. The van der Waals surface area contributed by atoms with Gasteiger partial charge in [-0.3, -0.25) is 9.69 Å². The summed E-state index contributed by atoms with van der Waals surface area (Å²) in [6, 6.07) is 15.0. The first-order valence-corrected chi connectivity index (χ1v) is 11.7. The SMILES string of the molecule is CCNC(=O)c1ccc(-c2cc(C(C)C)c(O)cc2O)n1-c1ccc(CN(CC)CC)cc1. The summed E-state index contributed by atoms with van der Waals surface area (Å²) in [4.78, 5) is 15.2. The van der Waals surface area contributed by atoms with Gasteiger partial charge in [0.1, 0.15) is 17.2 Å². The van der Waals surface area contributed by atoms with E-state index in [1.807, 2.05) is 43.5 Å². The number of rotatable bonds is 9. The average molecular weight is 450 g/mol. The Morgan fingerprint density at radius 2 is 1.64 bits per heavy atom. The quantitative estimate of drug-likeness (QED) is 0.416. The summed E-state index contributed by atoms with van der Waals surface area (Å²) in [5, 5.41) is 23.9. The Bertz CT molecular complexity index is 1100. The zero-order valence-electron chi connectivity index (χ0n) is 20.2. The van der Waals surface area contributed by atoms with Gasteiger partial charge in [-0.05, 0) is 67.4 Å². The first kappa shape index (κ1) is 24.4. The second-order valence-electron chi connectivity index (χ2n) is 8.51. The van der Waals surface area contributed by atoms with E-state index in [-0.39, 0.29) is 23.3 Å².